The molecule has 2 heterocycles. The van der Waals surface area contributed by atoms with Gasteiger partial charge in [0.2, 0.25) is 0 Å². The topological polar surface area (TPSA) is 52.0 Å². The van der Waals surface area contributed by atoms with Crippen LogP contribution in [0.15, 0.2) is 34.7 Å². The molecule has 1 atom stereocenters. The summed E-state index contributed by atoms with van der Waals surface area (Å²) < 4.78 is 4.94. The van der Waals surface area contributed by atoms with Gasteiger partial charge in [0.25, 0.3) is 0 Å². The molecule has 62 valence electrons. The van der Waals surface area contributed by atoms with E-state index in [0.717, 1.165) is 10.4 Å². The molecule has 1 unspecified atom stereocenters. The molecule has 2 aromatic rings. The molecule has 0 aromatic carbocycles. The highest BCUT2D eigenvalue weighted by molar-refractivity contribution is 7.09. The molecule has 0 amide bonds. The maximum atomic E-state index is 5.92. The standard InChI is InChI=1S/C8H8N2OS/c9-8(6-1-2-11-4-6)7-3-10-5-12-7/h1-5,8H,9H2. The third kappa shape index (κ3) is 1.26. The molecule has 0 spiro atoms. The van der Waals surface area contributed by atoms with Crippen molar-refractivity contribution in [1.82, 2.24) is 4.98 Å². The average molecular weight is 180 g/mol. The van der Waals surface area contributed by atoms with Crippen molar-refractivity contribution in [2.24, 2.45) is 5.73 Å². The van der Waals surface area contributed by atoms with Crippen LogP contribution in [-0.2, 0) is 0 Å². The summed E-state index contributed by atoms with van der Waals surface area (Å²) in [5.74, 6) is 0. The molecule has 12 heavy (non-hydrogen) atoms. The first-order chi connectivity index (χ1) is 5.88. The van der Waals surface area contributed by atoms with E-state index in [9.17, 15) is 0 Å². The summed E-state index contributed by atoms with van der Waals surface area (Å²) in [6.07, 6.45) is 5.06. The van der Waals surface area contributed by atoms with Gasteiger partial charge in [0.05, 0.1) is 24.1 Å². The van der Waals surface area contributed by atoms with Crippen molar-refractivity contribution in [3.63, 3.8) is 0 Å². The molecule has 2 rings (SSSR count). The van der Waals surface area contributed by atoms with Crippen molar-refractivity contribution in [2.45, 2.75) is 6.04 Å². The van der Waals surface area contributed by atoms with E-state index < -0.39 is 0 Å². The third-order valence-electron chi connectivity index (χ3n) is 1.66. The van der Waals surface area contributed by atoms with Gasteiger partial charge >= 0.3 is 0 Å². The number of rotatable bonds is 2. The van der Waals surface area contributed by atoms with Crippen LogP contribution < -0.4 is 5.73 Å². The van der Waals surface area contributed by atoms with E-state index in [1.807, 2.05) is 6.07 Å². The Bertz CT molecular complexity index is 294. The normalized spacial score (nSPS) is 13.1. The van der Waals surface area contributed by atoms with Gasteiger partial charge in [-0.3, -0.25) is 4.98 Å². The lowest BCUT2D eigenvalue weighted by Crippen LogP contribution is -2.08. The fraction of sp³-hybridized carbons (Fsp3) is 0.125. The Morgan fingerprint density at radius 2 is 2.50 bits per heavy atom. The fourth-order valence-corrected chi connectivity index (χ4v) is 1.64. The Hall–Kier alpha value is -1.13. The van der Waals surface area contributed by atoms with Crippen LogP contribution in [0.2, 0.25) is 0 Å². The Morgan fingerprint density at radius 3 is 3.08 bits per heavy atom. The van der Waals surface area contributed by atoms with Crippen LogP contribution in [0.5, 0.6) is 0 Å². The molecule has 0 aliphatic rings. The highest BCUT2D eigenvalue weighted by atomic mass is 32.1. The quantitative estimate of drug-likeness (QED) is 0.766. The van der Waals surface area contributed by atoms with Gasteiger partial charge < -0.3 is 10.2 Å². The van der Waals surface area contributed by atoms with Gasteiger partial charge in [-0.2, -0.15) is 0 Å². The Morgan fingerprint density at radius 1 is 1.58 bits per heavy atom. The predicted octanol–water partition coefficient (Wildman–Crippen LogP) is 1.78. The molecule has 0 radical (unpaired) electrons. The van der Waals surface area contributed by atoms with Gasteiger partial charge in [0.1, 0.15) is 0 Å². The predicted molar refractivity (Wildman–Crippen MR) is 46.9 cm³/mol. The van der Waals surface area contributed by atoms with Crippen LogP contribution in [0.1, 0.15) is 16.5 Å². The average Bonchev–Trinajstić information content (AvgIpc) is 2.77. The molecule has 4 heteroatoms. The van der Waals surface area contributed by atoms with Gasteiger partial charge in [0, 0.05) is 16.6 Å². The largest absolute Gasteiger partial charge is 0.472 e. The van der Waals surface area contributed by atoms with Crippen molar-refractivity contribution in [3.8, 4) is 0 Å². The summed E-state index contributed by atoms with van der Waals surface area (Å²) in [6.45, 7) is 0. The number of thiazole rings is 1. The van der Waals surface area contributed by atoms with E-state index in [4.69, 9.17) is 10.2 Å². The van der Waals surface area contributed by atoms with E-state index in [2.05, 4.69) is 4.98 Å². The second kappa shape index (κ2) is 3.08. The molecular weight excluding hydrogens is 172 g/mol. The second-order valence-corrected chi connectivity index (χ2v) is 3.36. The zero-order valence-electron chi connectivity index (χ0n) is 6.31. The van der Waals surface area contributed by atoms with Crippen LogP contribution in [-0.4, -0.2) is 4.98 Å². The molecule has 2 aromatic heterocycles. The van der Waals surface area contributed by atoms with Crippen LogP contribution in [0, 0.1) is 0 Å². The van der Waals surface area contributed by atoms with Gasteiger partial charge in [-0.15, -0.1) is 11.3 Å². The minimum atomic E-state index is -0.101. The van der Waals surface area contributed by atoms with Gasteiger partial charge in [-0.1, -0.05) is 0 Å². The summed E-state index contributed by atoms with van der Waals surface area (Å²) in [7, 11) is 0. The van der Waals surface area contributed by atoms with Gasteiger partial charge in [0.15, 0.2) is 0 Å². The third-order valence-corrected chi connectivity index (χ3v) is 2.52. The summed E-state index contributed by atoms with van der Waals surface area (Å²) in [6, 6.07) is 1.76. The van der Waals surface area contributed by atoms with Crippen molar-refractivity contribution in [1.29, 1.82) is 0 Å². The number of nitrogens with two attached hydrogens (primary N) is 1. The van der Waals surface area contributed by atoms with E-state index in [-0.39, 0.29) is 6.04 Å². The SMILES string of the molecule is NC(c1ccoc1)c1cncs1. The van der Waals surface area contributed by atoms with E-state index in [0.29, 0.717) is 0 Å². The number of hydrogen-bond donors (Lipinski definition) is 1. The van der Waals surface area contributed by atoms with Crippen molar-refractivity contribution in [2.75, 3.05) is 0 Å². The summed E-state index contributed by atoms with van der Waals surface area (Å²) >= 11 is 1.55. The zero-order chi connectivity index (χ0) is 8.39. The molecule has 2 N–H and O–H groups in total. The van der Waals surface area contributed by atoms with Crippen LogP contribution in [0.4, 0.5) is 0 Å². The number of nitrogens with zero attached hydrogens (tertiary/aromatic N) is 1. The van der Waals surface area contributed by atoms with Crippen LogP contribution >= 0.6 is 11.3 Å². The second-order valence-electron chi connectivity index (χ2n) is 2.44. The maximum Gasteiger partial charge on any atom is 0.0954 e. The highest BCUT2D eigenvalue weighted by Crippen LogP contribution is 2.22. The van der Waals surface area contributed by atoms with Gasteiger partial charge in [-0.25, -0.2) is 0 Å². The van der Waals surface area contributed by atoms with Crippen molar-refractivity contribution < 1.29 is 4.42 Å². The number of furan rings is 1. The molecule has 0 bridgehead atoms. The van der Waals surface area contributed by atoms with Crippen molar-refractivity contribution in [3.05, 3.63) is 40.7 Å². The lowest BCUT2D eigenvalue weighted by Gasteiger charge is -2.03. The summed E-state index contributed by atoms with van der Waals surface area (Å²) in [4.78, 5) is 5.01. The first-order valence-electron chi connectivity index (χ1n) is 3.54. The van der Waals surface area contributed by atoms with E-state index >= 15 is 0 Å². The fourth-order valence-electron chi connectivity index (χ4n) is 0.995. The van der Waals surface area contributed by atoms with E-state index in [1.165, 1.54) is 0 Å². The van der Waals surface area contributed by atoms with Crippen LogP contribution in [0.3, 0.4) is 0 Å². The summed E-state index contributed by atoms with van der Waals surface area (Å²) in [5, 5.41) is 0. The molecule has 0 saturated heterocycles. The lowest BCUT2D eigenvalue weighted by atomic mass is 10.1. The zero-order valence-corrected chi connectivity index (χ0v) is 7.12. The first kappa shape index (κ1) is 7.52. The molecule has 0 fully saturated rings. The van der Waals surface area contributed by atoms with E-state index in [1.54, 1.807) is 35.6 Å². The first-order valence-corrected chi connectivity index (χ1v) is 4.42. The smallest absolute Gasteiger partial charge is 0.0954 e. The van der Waals surface area contributed by atoms with Gasteiger partial charge in [-0.05, 0) is 6.07 Å². The molecule has 0 saturated carbocycles. The number of aromatic nitrogens is 1. The molecule has 3 nitrogen and oxygen atoms in total. The lowest BCUT2D eigenvalue weighted by molar-refractivity contribution is 0.562. The van der Waals surface area contributed by atoms with Crippen molar-refractivity contribution >= 4 is 11.3 Å². The summed E-state index contributed by atoms with van der Waals surface area (Å²) in [5.41, 5.74) is 8.67. The molecule has 0 aliphatic heterocycles. The minimum absolute atomic E-state index is 0.101. The minimum Gasteiger partial charge on any atom is -0.472 e. The molecular formula is C8H8N2OS. The highest BCUT2D eigenvalue weighted by Gasteiger charge is 2.10. The Labute approximate surface area is 73.8 Å². The van der Waals surface area contributed by atoms with Crippen LogP contribution in [0.25, 0.3) is 0 Å². The number of hydrogen-bond acceptors (Lipinski definition) is 4. The Kier molecular flexibility index (Phi) is 1.93. The monoisotopic (exact) mass is 180 g/mol. The Balaban J connectivity index is 2.27. The molecule has 0 aliphatic carbocycles. The maximum absolute atomic E-state index is 5.92.